The van der Waals surface area contributed by atoms with E-state index in [4.69, 9.17) is 16.2 Å². The van der Waals surface area contributed by atoms with Gasteiger partial charge in [-0.25, -0.2) is 14.8 Å². The monoisotopic (exact) mass is 959 g/mol. The quantitative estimate of drug-likeness (QED) is 0.0379. The second-order valence-electron chi connectivity index (χ2n) is 16.6. The Hall–Kier alpha value is -7.25. The summed E-state index contributed by atoms with van der Waals surface area (Å²) in [6.45, 7) is 27.1. The number of nitrogens with two attached hydrogens (primary N) is 2. The average Bonchev–Trinajstić information content (AvgIpc) is 3.54. The minimum absolute atomic E-state index is 0.0316. The van der Waals surface area contributed by atoms with E-state index in [0.29, 0.717) is 36.2 Å². The molecule has 0 spiro atoms. The molecule has 3 heterocycles. The molecular weight excluding hydrogens is 885 g/mol. The topological polar surface area (TPSA) is 287 Å². The largest absolute Gasteiger partial charge is 0.444 e. The Labute approximate surface area is 406 Å². The molecule has 1 aliphatic rings. The molecule has 20 nitrogen and oxygen atoms in total. The zero-order valence-corrected chi connectivity index (χ0v) is 42.8. The van der Waals surface area contributed by atoms with Crippen molar-refractivity contribution in [3.8, 4) is 0 Å². The molecule has 8 N–H and O–H groups in total. The van der Waals surface area contributed by atoms with Crippen molar-refractivity contribution < 1.29 is 38.3 Å². The Morgan fingerprint density at radius 2 is 1.43 bits per heavy atom. The molecule has 1 atom stereocenters. The number of amides is 7. The number of hydrogen-bond acceptors (Lipinski definition) is 14. The summed E-state index contributed by atoms with van der Waals surface area (Å²) >= 11 is 0. The number of hydrogen-bond donors (Lipinski definition) is 6. The first kappa shape index (κ1) is 59.8. The van der Waals surface area contributed by atoms with Crippen molar-refractivity contribution in [2.24, 2.45) is 11.8 Å². The van der Waals surface area contributed by atoms with E-state index >= 15 is 0 Å². The number of unbranched alkanes of at least 4 members (excludes halogenated alkanes) is 1. The lowest BCUT2D eigenvalue weighted by Gasteiger charge is -2.25. The highest BCUT2D eigenvalue weighted by Gasteiger charge is 2.35. The number of nitrogen functional groups attached to an aromatic ring is 2. The predicted octanol–water partition coefficient (Wildman–Crippen LogP) is 6.90. The fraction of sp³-hybridized carbons (Fsp3) is 0.490. The van der Waals surface area contributed by atoms with Crippen LogP contribution in [0.5, 0.6) is 0 Å². The predicted molar refractivity (Wildman–Crippen MR) is 270 cm³/mol. The second-order valence-corrected chi connectivity index (χ2v) is 16.6. The van der Waals surface area contributed by atoms with Crippen LogP contribution in [0.1, 0.15) is 147 Å². The zero-order valence-electron chi connectivity index (χ0n) is 42.8. The maximum absolute atomic E-state index is 13.2. The van der Waals surface area contributed by atoms with Crippen LogP contribution in [0.3, 0.4) is 0 Å². The van der Waals surface area contributed by atoms with Gasteiger partial charge in [0.25, 0.3) is 17.7 Å². The minimum Gasteiger partial charge on any atom is -0.444 e. The third-order valence-corrected chi connectivity index (χ3v) is 8.81. The summed E-state index contributed by atoms with van der Waals surface area (Å²) in [6, 6.07) is 9.75. The van der Waals surface area contributed by atoms with Gasteiger partial charge in [0.1, 0.15) is 11.6 Å². The zero-order chi connectivity index (χ0) is 52.6. The van der Waals surface area contributed by atoms with Crippen molar-refractivity contribution in [3.63, 3.8) is 0 Å². The second kappa shape index (κ2) is 29.5. The first-order chi connectivity index (χ1) is 32.7. The van der Waals surface area contributed by atoms with E-state index in [1.165, 1.54) is 29.3 Å². The number of carbonyl (C=O) groups excluding carboxylic acids is 7. The lowest BCUT2D eigenvalue weighted by Crippen LogP contribution is -2.52. The highest BCUT2D eigenvalue weighted by atomic mass is 16.6. The number of imide groups is 1. The Bertz CT molecular complexity index is 2330. The lowest BCUT2D eigenvalue weighted by atomic mass is 10.0. The maximum atomic E-state index is 13.2. The van der Waals surface area contributed by atoms with Crippen molar-refractivity contribution in [3.05, 3.63) is 71.0 Å². The summed E-state index contributed by atoms with van der Waals surface area (Å²) in [5, 5.41) is 10.4. The van der Waals surface area contributed by atoms with E-state index in [9.17, 15) is 33.6 Å². The molecule has 5 rings (SSSR count). The molecule has 0 fully saturated rings. The normalized spacial score (nSPS) is 11.7. The van der Waals surface area contributed by atoms with Gasteiger partial charge >= 0.3 is 6.09 Å². The molecule has 0 saturated carbocycles. The fourth-order valence-corrected chi connectivity index (χ4v) is 5.95. The van der Waals surface area contributed by atoms with Crippen molar-refractivity contribution in [2.75, 3.05) is 41.3 Å². The van der Waals surface area contributed by atoms with Gasteiger partial charge in [0.05, 0.1) is 36.1 Å². The van der Waals surface area contributed by atoms with Gasteiger partial charge in [-0.3, -0.25) is 33.7 Å². The molecule has 69 heavy (non-hydrogen) atoms. The number of fused-ring (bicyclic) bond motifs is 2. The van der Waals surface area contributed by atoms with Crippen molar-refractivity contribution in [2.45, 2.75) is 128 Å². The van der Waals surface area contributed by atoms with Crippen molar-refractivity contribution in [1.29, 1.82) is 0 Å². The van der Waals surface area contributed by atoms with Crippen LogP contribution in [0.25, 0.3) is 11.2 Å². The Balaban J connectivity index is 0.00000220. The van der Waals surface area contributed by atoms with Crippen molar-refractivity contribution >= 4 is 76.3 Å². The summed E-state index contributed by atoms with van der Waals surface area (Å²) in [5.74, 6) is -1.95. The number of rotatable bonds is 16. The summed E-state index contributed by atoms with van der Waals surface area (Å²) in [5.41, 5.74) is 13.1. The first-order valence-electron chi connectivity index (χ1n) is 23.4. The highest BCUT2D eigenvalue weighted by molar-refractivity contribution is 6.22. The van der Waals surface area contributed by atoms with Crippen LogP contribution in [0.4, 0.5) is 27.9 Å². The smallest absolute Gasteiger partial charge is 0.408 e. The third-order valence-electron chi connectivity index (χ3n) is 8.81. The number of ether oxygens (including phenoxy) is 1. The maximum Gasteiger partial charge on any atom is 0.408 e. The summed E-state index contributed by atoms with van der Waals surface area (Å²) < 4.78 is 5.23. The minimum atomic E-state index is -0.950. The van der Waals surface area contributed by atoms with Crippen LogP contribution >= 0.6 is 0 Å². The molecule has 1 aliphatic heterocycles. The molecule has 20 heteroatoms. The van der Waals surface area contributed by atoms with E-state index in [1.54, 1.807) is 58.9 Å². The number of alkyl carbamates (subject to hydrolysis) is 1. The SMILES string of the molecule is CC.CC.CC.CC(C)C.CC(C)C(NC(=O)OC(C)(C)C)C(=O)NCC(=O)Nc1ccc2c(c1)C(=O)N(CCCCNC(=O)c1ccc(N(C=O)Cc3cnc4nc(N)nc(N)c4n3)cc1)C2=O. The number of anilines is 4. The first-order valence-corrected chi connectivity index (χ1v) is 23.4. The third kappa shape index (κ3) is 19.1. The van der Waals surface area contributed by atoms with Gasteiger partial charge in [0.2, 0.25) is 24.2 Å². The standard InChI is InChI=1S/C39H46N12O8.C4H10.3C2H6/c1-21(2)29(47-38(58)59-39(3,4)5)34(55)44-18-28(53)45-23-10-13-26-27(16-23)36(57)51(35(26)56)15-7-6-14-42-33(54)22-8-11-25(12-9-22)50(20-52)19-24-17-43-32-30(46-24)31(40)48-37(41)49-32;1-4(2)3;3*1-2/h8-13,16-17,20-21,29H,6-7,14-15,18-19H2,1-5H3,(H,42,54)(H,44,55)(H,45,53)(H,47,58)(H4,40,41,43,48,49);4H,1-3H3;3*1-2H3. The Kier molecular flexibility index (Phi) is 25.5. The van der Waals surface area contributed by atoms with Crippen molar-refractivity contribution in [1.82, 2.24) is 40.8 Å². The molecule has 2 aromatic heterocycles. The van der Waals surface area contributed by atoms with E-state index in [1.807, 2.05) is 41.5 Å². The van der Waals surface area contributed by atoms with Gasteiger partial charge in [-0.1, -0.05) is 76.2 Å². The number of aromatic nitrogens is 4. The van der Waals surface area contributed by atoms with Gasteiger partial charge in [-0.05, 0) is 87.9 Å². The van der Waals surface area contributed by atoms with Crippen LogP contribution in [0.2, 0.25) is 0 Å². The molecular formula is C49H74N12O8. The highest BCUT2D eigenvalue weighted by Crippen LogP contribution is 2.26. The van der Waals surface area contributed by atoms with Crippen LogP contribution < -0.4 is 37.6 Å². The lowest BCUT2D eigenvalue weighted by molar-refractivity contribution is -0.126. The van der Waals surface area contributed by atoms with Gasteiger partial charge in [-0.15, -0.1) is 0 Å². The molecule has 7 amide bonds. The van der Waals surface area contributed by atoms with Crippen LogP contribution in [-0.4, -0.2) is 98.2 Å². The molecule has 1 unspecified atom stereocenters. The molecule has 0 bridgehead atoms. The van der Waals surface area contributed by atoms with Gasteiger partial charge in [0, 0.05) is 30.0 Å². The number of nitrogens with zero attached hydrogens (tertiary/aromatic N) is 6. The Morgan fingerprint density at radius 1 is 0.826 bits per heavy atom. The van der Waals surface area contributed by atoms with E-state index < -0.39 is 47.9 Å². The van der Waals surface area contributed by atoms with Crippen LogP contribution in [0, 0.1) is 11.8 Å². The van der Waals surface area contributed by atoms with Gasteiger partial charge in [-0.2, -0.15) is 9.97 Å². The number of carbonyl (C=O) groups is 7. The molecule has 2 aromatic carbocycles. The van der Waals surface area contributed by atoms with Crippen LogP contribution in [-0.2, 0) is 25.7 Å². The van der Waals surface area contributed by atoms with E-state index in [0.717, 1.165) is 10.8 Å². The molecule has 378 valence electrons. The fourth-order valence-electron chi connectivity index (χ4n) is 5.95. The average molecular weight is 959 g/mol. The molecule has 0 saturated heterocycles. The summed E-state index contributed by atoms with van der Waals surface area (Å²) in [6.07, 6.45) is 2.18. The summed E-state index contributed by atoms with van der Waals surface area (Å²) in [7, 11) is 0. The molecule has 0 aliphatic carbocycles. The Morgan fingerprint density at radius 3 is 2.01 bits per heavy atom. The summed E-state index contributed by atoms with van der Waals surface area (Å²) in [4.78, 5) is 108. The number of benzene rings is 2. The molecule has 4 aromatic rings. The van der Waals surface area contributed by atoms with Gasteiger partial charge < -0.3 is 42.4 Å². The van der Waals surface area contributed by atoms with E-state index in [-0.39, 0.29) is 71.2 Å². The van der Waals surface area contributed by atoms with Crippen LogP contribution in [0.15, 0.2) is 48.7 Å². The van der Waals surface area contributed by atoms with E-state index in [2.05, 4.69) is 62.0 Å². The molecule has 0 radical (unpaired) electrons. The number of nitrogens with one attached hydrogen (secondary N) is 4. The van der Waals surface area contributed by atoms with Gasteiger partial charge in [0.15, 0.2) is 17.0 Å².